The van der Waals surface area contributed by atoms with E-state index in [1.54, 1.807) is 0 Å². The summed E-state index contributed by atoms with van der Waals surface area (Å²) in [5, 5.41) is 0. The molecule has 0 atom stereocenters. The van der Waals surface area contributed by atoms with E-state index in [0.717, 1.165) is 29.1 Å². The van der Waals surface area contributed by atoms with Gasteiger partial charge in [-0.3, -0.25) is 0 Å². The first-order valence-electron chi connectivity index (χ1n) is 12.7. The fourth-order valence-electron chi connectivity index (χ4n) is 6.18. The van der Waals surface area contributed by atoms with E-state index < -0.39 is 0 Å². The molecule has 0 amide bonds. The average Bonchev–Trinajstić information content (AvgIpc) is 2.96. The Morgan fingerprint density at radius 1 is 0.767 bits per heavy atom. The molecule has 1 aromatic rings. The molecule has 0 unspecified atom stereocenters. The van der Waals surface area contributed by atoms with Gasteiger partial charge in [0.25, 0.3) is 0 Å². The van der Waals surface area contributed by atoms with Crippen molar-refractivity contribution < 1.29 is 9.31 Å². The van der Waals surface area contributed by atoms with Gasteiger partial charge in [0.2, 0.25) is 0 Å². The minimum Gasteiger partial charge on any atom is -0.399 e. The summed E-state index contributed by atoms with van der Waals surface area (Å²) in [4.78, 5) is 0. The molecule has 1 aliphatic heterocycles. The van der Waals surface area contributed by atoms with Crippen LogP contribution in [0.25, 0.3) is 0 Å². The van der Waals surface area contributed by atoms with Crippen molar-refractivity contribution in [3.63, 3.8) is 0 Å². The number of hydrogen-bond acceptors (Lipinski definition) is 2. The molecular weight excluding hydrogens is 367 g/mol. The highest BCUT2D eigenvalue weighted by molar-refractivity contribution is 6.62. The standard InChI is InChI=1S/C27H43BO2/c1-6-7-20-8-10-21(11-9-20)22-12-14-23(15-13-22)24-16-18-25(19-17-24)28-29-26(2,3)27(4,5)30-28/h16-23H,6-15H2,1-5H3. The molecule has 1 saturated heterocycles. The maximum Gasteiger partial charge on any atom is 0.494 e. The van der Waals surface area contributed by atoms with Crippen LogP contribution in [0.1, 0.15) is 110 Å². The third kappa shape index (κ3) is 4.68. The minimum absolute atomic E-state index is 0.248. The summed E-state index contributed by atoms with van der Waals surface area (Å²) in [5.41, 5.74) is 2.12. The fourth-order valence-corrected chi connectivity index (χ4v) is 6.18. The Balaban J connectivity index is 1.29. The first-order valence-corrected chi connectivity index (χ1v) is 12.7. The van der Waals surface area contributed by atoms with Gasteiger partial charge >= 0.3 is 7.12 Å². The molecule has 0 spiro atoms. The highest BCUT2D eigenvalue weighted by Crippen LogP contribution is 2.44. The van der Waals surface area contributed by atoms with E-state index in [4.69, 9.17) is 9.31 Å². The van der Waals surface area contributed by atoms with Gasteiger partial charge in [0.15, 0.2) is 0 Å². The van der Waals surface area contributed by atoms with Crippen LogP contribution in [0.3, 0.4) is 0 Å². The summed E-state index contributed by atoms with van der Waals surface area (Å²) in [5.74, 6) is 3.78. The Labute approximate surface area is 185 Å². The van der Waals surface area contributed by atoms with E-state index in [0.29, 0.717) is 0 Å². The van der Waals surface area contributed by atoms with Gasteiger partial charge < -0.3 is 9.31 Å². The minimum atomic E-state index is -0.273. The zero-order chi connectivity index (χ0) is 21.4. The van der Waals surface area contributed by atoms with E-state index in [1.165, 1.54) is 69.8 Å². The van der Waals surface area contributed by atoms with Gasteiger partial charge in [-0.05, 0) is 101 Å². The Hall–Kier alpha value is -0.795. The lowest BCUT2D eigenvalue weighted by atomic mass is 9.68. The number of hydrogen-bond donors (Lipinski definition) is 0. The van der Waals surface area contributed by atoms with Gasteiger partial charge in [-0.15, -0.1) is 0 Å². The summed E-state index contributed by atoms with van der Waals surface area (Å²) < 4.78 is 12.4. The molecule has 2 aliphatic carbocycles. The summed E-state index contributed by atoms with van der Waals surface area (Å²) >= 11 is 0. The normalized spacial score (nSPS) is 33.6. The van der Waals surface area contributed by atoms with Crippen LogP contribution < -0.4 is 5.46 Å². The quantitative estimate of drug-likeness (QED) is 0.493. The number of benzene rings is 1. The van der Waals surface area contributed by atoms with Crippen LogP contribution in [0.15, 0.2) is 24.3 Å². The van der Waals surface area contributed by atoms with Gasteiger partial charge in [-0.2, -0.15) is 0 Å². The highest BCUT2D eigenvalue weighted by Gasteiger charge is 2.51. The molecule has 0 radical (unpaired) electrons. The van der Waals surface area contributed by atoms with Crippen molar-refractivity contribution >= 4 is 12.6 Å². The van der Waals surface area contributed by atoms with E-state index in [-0.39, 0.29) is 18.3 Å². The first-order chi connectivity index (χ1) is 14.3. The fraction of sp³-hybridized carbons (Fsp3) is 0.778. The van der Waals surface area contributed by atoms with Crippen molar-refractivity contribution in [3.8, 4) is 0 Å². The zero-order valence-corrected chi connectivity index (χ0v) is 20.1. The van der Waals surface area contributed by atoms with Gasteiger partial charge in [0, 0.05) is 0 Å². The van der Waals surface area contributed by atoms with Crippen LogP contribution in [-0.2, 0) is 9.31 Å². The predicted molar refractivity (Wildman–Crippen MR) is 127 cm³/mol. The average molecular weight is 410 g/mol. The summed E-state index contributed by atoms with van der Waals surface area (Å²) in [7, 11) is -0.248. The molecule has 2 saturated carbocycles. The van der Waals surface area contributed by atoms with Gasteiger partial charge in [0.1, 0.15) is 0 Å². The van der Waals surface area contributed by atoms with Crippen LogP contribution in [0, 0.1) is 17.8 Å². The first kappa shape index (κ1) is 22.4. The molecule has 0 bridgehead atoms. The van der Waals surface area contributed by atoms with E-state index in [2.05, 4.69) is 58.9 Å². The van der Waals surface area contributed by atoms with Crippen molar-refractivity contribution in [2.45, 2.75) is 116 Å². The topological polar surface area (TPSA) is 18.5 Å². The second kappa shape index (κ2) is 8.98. The Bertz CT molecular complexity index is 663. The largest absolute Gasteiger partial charge is 0.494 e. The molecule has 4 rings (SSSR count). The lowest BCUT2D eigenvalue weighted by molar-refractivity contribution is 0.00578. The second-order valence-corrected chi connectivity index (χ2v) is 11.4. The van der Waals surface area contributed by atoms with Crippen LogP contribution in [0.4, 0.5) is 0 Å². The molecule has 1 heterocycles. The van der Waals surface area contributed by atoms with Crippen molar-refractivity contribution in [2.75, 3.05) is 0 Å². The van der Waals surface area contributed by atoms with Crippen molar-refractivity contribution in [3.05, 3.63) is 29.8 Å². The van der Waals surface area contributed by atoms with E-state index in [1.807, 2.05) is 0 Å². The van der Waals surface area contributed by atoms with Gasteiger partial charge in [-0.1, -0.05) is 56.9 Å². The molecule has 2 nitrogen and oxygen atoms in total. The Morgan fingerprint density at radius 3 is 1.77 bits per heavy atom. The molecule has 3 fully saturated rings. The van der Waals surface area contributed by atoms with Gasteiger partial charge in [-0.25, -0.2) is 0 Å². The van der Waals surface area contributed by atoms with Crippen LogP contribution >= 0.6 is 0 Å². The lowest BCUT2D eigenvalue weighted by Crippen LogP contribution is -2.41. The summed E-state index contributed by atoms with van der Waals surface area (Å²) in [6, 6.07) is 9.14. The van der Waals surface area contributed by atoms with Crippen molar-refractivity contribution in [1.82, 2.24) is 0 Å². The van der Waals surface area contributed by atoms with Crippen LogP contribution in [-0.4, -0.2) is 18.3 Å². The van der Waals surface area contributed by atoms with E-state index in [9.17, 15) is 0 Å². The summed E-state index contributed by atoms with van der Waals surface area (Å²) in [6.07, 6.45) is 14.4. The lowest BCUT2D eigenvalue weighted by Gasteiger charge is -2.38. The Kier molecular flexibility index (Phi) is 6.71. The molecule has 3 aliphatic rings. The zero-order valence-electron chi connectivity index (χ0n) is 20.1. The smallest absolute Gasteiger partial charge is 0.399 e. The molecular formula is C27H43BO2. The molecule has 0 N–H and O–H groups in total. The Morgan fingerprint density at radius 2 is 1.27 bits per heavy atom. The van der Waals surface area contributed by atoms with Crippen molar-refractivity contribution in [2.24, 2.45) is 17.8 Å². The predicted octanol–water partition coefficient (Wildman–Crippen LogP) is 6.87. The molecule has 3 heteroatoms. The molecule has 30 heavy (non-hydrogen) atoms. The SMILES string of the molecule is CCCC1CCC(C2CCC(c3ccc(B4OC(C)(C)C(C)(C)O4)cc3)CC2)CC1. The highest BCUT2D eigenvalue weighted by atomic mass is 16.7. The third-order valence-electron chi connectivity index (χ3n) is 8.96. The molecule has 0 aromatic heterocycles. The van der Waals surface area contributed by atoms with Gasteiger partial charge in [0.05, 0.1) is 11.2 Å². The maximum absolute atomic E-state index is 6.22. The molecule has 1 aromatic carbocycles. The number of rotatable bonds is 5. The van der Waals surface area contributed by atoms with Crippen LogP contribution in [0.5, 0.6) is 0 Å². The van der Waals surface area contributed by atoms with E-state index >= 15 is 0 Å². The third-order valence-corrected chi connectivity index (χ3v) is 8.96. The monoisotopic (exact) mass is 410 g/mol. The maximum atomic E-state index is 6.22. The second-order valence-electron chi connectivity index (χ2n) is 11.4. The van der Waals surface area contributed by atoms with Crippen molar-refractivity contribution in [1.29, 1.82) is 0 Å². The summed E-state index contributed by atoms with van der Waals surface area (Å²) in [6.45, 7) is 10.8. The molecule has 166 valence electrons. The van der Waals surface area contributed by atoms with Crippen LogP contribution in [0.2, 0.25) is 0 Å².